The van der Waals surface area contributed by atoms with Crippen LogP contribution in [0.4, 0.5) is 5.69 Å². The molecular weight excluding hydrogens is 1160 g/mol. The summed E-state index contributed by atoms with van der Waals surface area (Å²) in [5, 5.41) is 2.35. The summed E-state index contributed by atoms with van der Waals surface area (Å²) < 4.78 is 9.82. The van der Waals surface area contributed by atoms with Gasteiger partial charge in [-0.2, -0.15) is 6.07 Å². The second-order valence-electron chi connectivity index (χ2n) is 26.2. The van der Waals surface area contributed by atoms with Gasteiger partial charge in [-0.1, -0.05) is 235 Å². The van der Waals surface area contributed by atoms with Gasteiger partial charge in [-0.15, -0.1) is 28.6 Å². The minimum absolute atomic E-state index is 0. The van der Waals surface area contributed by atoms with E-state index in [0.29, 0.717) is 11.5 Å². The minimum atomic E-state index is -0.651. The molecule has 4 heterocycles. The molecular formula is C74H80N4OPt. The fraction of sp³-hybridized carbons (Fsp3) is 0.351. The molecule has 11 rings (SSSR count). The van der Waals surface area contributed by atoms with Crippen molar-refractivity contribution in [3.63, 3.8) is 0 Å². The largest absolute Gasteiger partial charge is 2.00 e. The topological polar surface area (TPSA) is 42.6 Å². The van der Waals surface area contributed by atoms with Crippen molar-refractivity contribution in [1.82, 2.24) is 9.55 Å². The Hall–Kier alpha value is -6.55. The number of rotatable bonds is 12. The quantitative estimate of drug-likeness (QED) is 0.115. The van der Waals surface area contributed by atoms with Crippen molar-refractivity contribution in [2.45, 2.75) is 169 Å². The molecule has 0 bridgehead atoms. The molecule has 6 heteroatoms. The van der Waals surface area contributed by atoms with E-state index in [0.717, 1.165) is 39.2 Å². The summed E-state index contributed by atoms with van der Waals surface area (Å²) in [7, 11) is 0. The first kappa shape index (κ1) is 56.7. The first-order valence-corrected chi connectivity index (χ1v) is 29.0. The molecule has 2 aromatic heterocycles. The number of amidine groups is 1. The van der Waals surface area contributed by atoms with E-state index in [-0.39, 0.29) is 61.5 Å². The summed E-state index contributed by atoms with van der Waals surface area (Å²) in [6.07, 6.45) is 1.92. The fourth-order valence-electron chi connectivity index (χ4n) is 13.3. The van der Waals surface area contributed by atoms with Gasteiger partial charge in [-0.3, -0.25) is 0 Å². The van der Waals surface area contributed by atoms with Crippen LogP contribution < -0.4 is 9.64 Å². The summed E-state index contributed by atoms with van der Waals surface area (Å²) >= 11 is 0. The number of pyridine rings is 1. The fourth-order valence-corrected chi connectivity index (χ4v) is 13.3. The maximum atomic E-state index is 7.47. The number of benzene rings is 7. The Balaban J connectivity index is 0.00000720. The molecule has 7 aromatic carbocycles. The molecule has 5 nitrogen and oxygen atoms in total. The van der Waals surface area contributed by atoms with Gasteiger partial charge in [0.25, 0.3) is 0 Å². The van der Waals surface area contributed by atoms with Crippen molar-refractivity contribution in [1.29, 1.82) is 0 Å². The molecule has 0 spiro atoms. The molecule has 80 heavy (non-hydrogen) atoms. The number of fused-ring (bicyclic) bond motifs is 5. The van der Waals surface area contributed by atoms with E-state index in [1.807, 2.05) is 6.20 Å². The van der Waals surface area contributed by atoms with Crippen LogP contribution >= 0.6 is 0 Å². The molecule has 2 aliphatic rings. The standard InChI is InChI=1S/C74H80N4O.Pt/c1-44(2)55-31-24-32-56(45(3)4)65(55)51-38-52(40-54(39-51)79-64-43-63-59(37-48(64)9)60-41-53(71(10,11)12)42-62-68(60)77(63)70-61(72(62,13)14)35-26-36-75-70)69-76-73(15,16)74(17,66(49-27-20-18-21-28-49)50-29-22-19-23-30-50)78(69)67-57(46(5)6)33-25-34-58(67)47(7)8;/h18-39,41-42,44-47,66H,1-17H3;/q-2;+2/t74-;/m0./s1. The van der Waals surface area contributed by atoms with Crippen LogP contribution in [0.1, 0.15) is 202 Å². The van der Waals surface area contributed by atoms with Crippen molar-refractivity contribution >= 4 is 33.3 Å². The second-order valence-corrected chi connectivity index (χ2v) is 26.2. The molecule has 0 saturated carbocycles. The molecule has 412 valence electrons. The van der Waals surface area contributed by atoms with Crippen LogP contribution in [0.15, 0.2) is 151 Å². The van der Waals surface area contributed by atoms with Crippen LogP contribution in [0, 0.1) is 19.1 Å². The Kier molecular flexibility index (Phi) is 14.7. The van der Waals surface area contributed by atoms with Crippen LogP contribution in [0.5, 0.6) is 11.5 Å². The minimum Gasteiger partial charge on any atom is -0.503 e. The third-order valence-corrected chi connectivity index (χ3v) is 17.9. The molecule has 0 unspecified atom stereocenters. The number of ether oxygens (including phenoxy) is 1. The van der Waals surface area contributed by atoms with Crippen molar-refractivity contribution in [3.8, 4) is 28.4 Å². The summed E-state index contributed by atoms with van der Waals surface area (Å²) in [5.41, 5.74) is 17.4. The number of aryl methyl sites for hydroxylation is 1. The summed E-state index contributed by atoms with van der Waals surface area (Å²) in [5.74, 6) is 3.98. The van der Waals surface area contributed by atoms with Gasteiger partial charge in [0.05, 0.1) is 16.9 Å². The SMILES string of the molecule is Cc1cc2c3cc(C(C)(C)C)cc4c3n(c2[c-]c1Oc1[c-]c(C2=NC(C)(C)[C@](C)(C(c3ccccc3)c3ccccc3)N2c2c(C(C)C)cccc2C(C)C)cc(-c2c(C(C)C)cccc2C(C)C)c1)-c1ncccc1C4(C)C.[Pt+2]. The molecule has 0 aliphatic carbocycles. The number of nitrogens with zero attached hydrogens (tertiary/aromatic N) is 4. The molecule has 0 saturated heterocycles. The number of anilines is 1. The van der Waals surface area contributed by atoms with Crippen LogP contribution in [0.3, 0.4) is 0 Å². The Bertz CT molecular complexity index is 3760. The number of hydrogen-bond acceptors (Lipinski definition) is 4. The predicted molar refractivity (Wildman–Crippen MR) is 333 cm³/mol. The van der Waals surface area contributed by atoms with E-state index >= 15 is 0 Å². The number of para-hydroxylation sites is 1. The zero-order chi connectivity index (χ0) is 56.2. The van der Waals surface area contributed by atoms with Crippen molar-refractivity contribution in [2.24, 2.45) is 4.99 Å². The van der Waals surface area contributed by atoms with Gasteiger partial charge in [-0.25, -0.2) is 4.98 Å². The summed E-state index contributed by atoms with van der Waals surface area (Å²) in [6, 6.07) is 60.0. The van der Waals surface area contributed by atoms with E-state index < -0.39 is 11.1 Å². The number of aromatic nitrogens is 2. The monoisotopic (exact) mass is 1240 g/mol. The summed E-state index contributed by atoms with van der Waals surface area (Å²) in [4.78, 5) is 13.9. The van der Waals surface area contributed by atoms with Gasteiger partial charge in [0.2, 0.25) is 0 Å². The third-order valence-electron chi connectivity index (χ3n) is 17.9. The third kappa shape index (κ3) is 9.19. The normalized spacial score (nSPS) is 16.6. The van der Waals surface area contributed by atoms with Crippen LogP contribution in [-0.4, -0.2) is 26.5 Å². The number of aliphatic imine (C=N–C) groups is 1. The molecule has 1 atom stereocenters. The van der Waals surface area contributed by atoms with E-state index in [9.17, 15) is 0 Å². The Morgan fingerprint density at radius 2 is 1.15 bits per heavy atom. The van der Waals surface area contributed by atoms with Crippen molar-refractivity contribution in [3.05, 3.63) is 219 Å². The molecule has 9 aromatic rings. The summed E-state index contributed by atoms with van der Waals surface area (Å²) in [6.45, 7) is 39.5. The average molecular weight is 1240 g/mol. The van der Waals surface area contributed by atoms with E-state index in [1.54, 1.807) is 0 Å². The predicted octanol–water partition coefficient (Wildman–Crippen LogP) is 19.6. The zero-order valence-corrected chi connectivity index (χ0v) is 52.5. The molecule has 0 amide bonds. The Morgan fingerprint density at radius 3 is 1.70 bits per heavy atom. The maximum absolute atomic E-state index is 7.47. The molecule has 0 N–H and O–H groups in total. The van der Waals surface area contributed by atoms with Gasteiger partial charge >= 0.3 is 21.1 Å². The maximum Gasteiger partial charge on any atom is 2.00 e. The Morgan fingerprint density at radius 1 is 0.588 bits per heavy atom. The van der Waals surface area contributed by atoms with Crippen molar-refractivity contribution < 1.29 is 25.8 Å². The smallest absolute Gasteiger partial charge is 0.503 e. The van der Waals surface area contributed by atoms with E-state index in [1.165, 1.54) is 72.2 Å². The molecule has 0 fully saturated rings. The van der Waals surface area contributed by atoms with Crippen LogP contribution in [0.2, 0.25) is 0 Å². The van der Waals surface area contributed by atoms with Crippen LogP contribution in [-0.2, 0) is 31.9 Å². The van der Waals surface area contributed by atoms with E-state index in [2.05, 4.69) is 279 Å². The molecule has 2 aliphatic heterocycles. The second kappa shape index (κ2) is 20.8. The first-order valence-electron chi connectivity index (χ1n) is 29.0. The van der Waals surface area contributed by atoms with Crippen LogP contribution in [0.25, 0.3) is 38.8 Å². The van der Waals surface area contributed by atoms with Gasteiger partial charge in [0.1, 0.15) is 5.82 Å². The number of hydrogen-bond donors (Lipinski definition) is 0. The zero-order valence-electron chi connectivity index (χ0n) is 50.3. The van der Waals surface area contributed by atoms with Gasteiger partial charge < -0.3 is 19.2 Å². The van der Waals surface area contributed by atoms with E-state index in [4.69, 9.17) is 14.7 Å². The van der Waals surface area contributed by atoms with Gasteiger partial charge in [0.15, 0.2) is 0 Å². The van der Waals surface area contributed by atoms with Gasteiger partial charge in [-0.05, 0) is 111 Å². The first-order chi connectivity index (χ1) is 37.4. The van der Waals surface area contributed by atoms with Gasteiger partial charge in [0, 0.05) is 45.8 Å². The Labute approximate surface area is 492 Å². The van der Waals surface area contributed by atoms with Crippen molar-refractivity contribution in [2.75, 3.05) is 4.90 Å². The average Bonchev–Trinajstić information content (AvgIpc) is 4.04. The molecule has 0 radical (unpaired) electrons.